The zero-order valence-corrected chi connectivity index (χ0v) is 16.5. The molecule has 0 fully saturated rings. The predicted molar refractivity (Wildman–Crippen MR) is 107 cm³/mol. The molecule has 148 valence electrons. The lowest BCUT2D eigenvalue weighted by molar-refractivity contribution is -0.142. The summed E-state index contributed by atoms with van der Waals surface area (Å²) in [6, 6.07) is 11.5. The number of nitrogens with two attached hydrogens (primary N) is 1. The van der Waals surface area contributed by atoms with Crippen LogP contribution in [-0.4, -0.2) is 44.0 Å². The molecule has 9 heteroatoms. The minimum Gasteiger partial charge on any atom is -0.467 e. The first-order valence-electron chi connectivity index (χ1n) is 8.27. The normalized spacial score (nSPS) is 11.4. The Morgan fingerprint density at radius 2 is 1.68 bits per heavy atom. The molecule has 7 nitrogen and oxygen atoms in total. The predicted octanol–water partition coefficient (Wildman–Crippen LogP) is 2.01. The quantitative estimate of drug-likeness (QED) is 0.589. The molecule has 0 bridgehead atoms. The molecule has 0 aliphatic carbocycles. The molecule has 2 aromatic rings. The number of hydrogen-bond donors (Lipinski definition) is 3. The molecular weight excluding hydrogens is 405 g/mol. The molecule has 2 rings (SSSR count). The lowest BCUT2D eigenvalue weighted by Crippen LogP contribution is -2.49. The number of amides is 2. The number of halogens is 2. The van der Waals surface area contributed by atoms with E-state index in [9.17, 15) is 14.4 Å². The molecule has 4 N–H and O–H groups in total. The zero-order valence-electron chi connectivity index (χ0n) is 15.0. The molecule has 0 aliphatic heterocycles. The van der Waals surface area contributed by atoms with Gasteiger partial charge in [0.2, 0.25) is 5.91 Å². The van der Waals surface area contributed by atoms with Crippen LogP contribution >= 0.6 is 23.2 Å². The molecule has 1 atom stereocenters. The minimum atomic E-state index is -1.13. The molecule has 0 saturated carbocycles. The van der Waals surface area contributed by atoms with Crippen LogP contribution in [0.25, 0.3) is 11.1 Å². The molecule has 2 aromatic carbocycles. The molecule has 0 unspecified atom stereocenters. The molecule has 0 aromatic heterocycles. The topological polar surface area (TPSA) is 111 Å². The number of carbonyl (C=O) groups is 3. The summed E-state index contributed by atoms with van der Waals surface area (Å²) in [5, 5.41) is 5.13. The van der Waals surface area contributed by atoms with E-state index in [4.69, 9.17) is 28.9 Å². The smallest absolute Gasteiger partial charge is 0.330 e. The number of nitrogens with one attached hydrogen (secondary N) is 2. The van der Waals surface area contributed by atoms with Gasteiger partial charge in [-0.1, -0.05) is 53.5 Å². The van der Waals surface area contributed by atoms with E-state index in [0.29, 0.717) is 0 Å². The largest absolute Gasteiger partial charge is 0.467 e. The van der Waals surface area contributed by atoms with Crippen molar-refractivity contribution in [3.8, 4) is 11.1 Å². The van der Waals surface area contributed by atoms with E-state index in [-0.39, 0.29) is 28.7 Å². The van der Waals surface area contributed by atoms with Gasteiger partial charge in [-0.15, -0.1) is 0 Å². The lowest BCUT2D eigenvalue weighted by Gasteiger charge is -2.18. The summed E-state index contributed by atoms with van der Waals surface area (Å²) < 4.78 is 4.65. The fourth-order valence-electron chi connectivity index (χ4n) is 2.44. The highest BCUT2D eigenvalue weighted by molar-refractivity contribution is 6.40. The Morgan fingerprint density at radius 3 is 2.21 bits per heavy atom. The summed E-state index contributed by atoms with van der Waals surface area (Å²) in [4.78, 5) is 35.9. The third kappa shape index (κ3) is 5.45. The maximum atomic E-state index is 12.7. The maximum Gasteiger partial charge on any atom is 0.330 e. The van der Waals surface area contributed by atoms with Gasteiger partial charge in [0.15, 0.2) is 0 Å². The molecule has 0 radical (unpaired) electrons. The van der Waals surface area contributed by atoms with Crippen molar-refractivity contribution in [2.75, 3.05) is 20.2 Å². The van der Waals surface area contributed by atoms with Crippen molar-refractivity contribution in [1.29, 1.82) is 0 Å². The molecule has 2 amide bonds. The van der Waals surface area contributed by atoms with Gasteiger partial charge in [-0.25, -0.2) is 4.79 Å². The Labute approximate surface area is 172 Å². The molecule has 0 spiro atoms. The standard InChI is InChI=1S/C19H19Cl2N3O4/c1-28-19(27)15(10-23-16(25)9-22)24-18(26)17-13(20)7-12(8-14(17)21)11-5-3-2-4-6-11/h2-8,15H,9-10,22H2,1H3,(H,23,25)(H,24,26)/t15-/m0/s1. The number of rotatable bonds is 7. The third-order valence-corrected chi connectivity index (χ3v) is 4.45. The van der Waals surface area contributed by atoms with Crippen molar-refractivity contribution in [3.63, 3.8) is 0 Å². The van der Waals surface area contributed by atoms with Crippen molar-refractivity contribution in [1.82, 2.24) is 10.6 Å². The van der Waals surface area contributed by atoms with Crippen LogP contribution in [0.3, 0.4) is 0 Å². The van der Waals surface area contributed by atoms with Crippen molar-refractivity contribution < 1.29 is 19.1 Å². The Hall–Kier alpha value is -2.61. The summed E-state index contributed by atoms with van der Waals surface area (Å²) in [6.45, 7) is -0.438. The van der Waals surface area contributed by atoms with Crippen molar-refractivity contribution >= 4 is 41.0 Å². The molecule has 28 heavy (non-hydrogen) atoms. The average molecular weight is 424 g/mol. The fourth-order valence-corrected chi connectivity index (χ4v) is 3.10. The number of carbonyl (C=O) groups excluding carboxylic acids is 3. The maximum absolute atomic E-state index is 12.7. The van der Waals surface area contributed by atoms with Crippen molar-refractivity contribution in [2.24, 2.45) is 5.73 Å². The van der Waals surface area contributed by atoms with Crippen molar-refractivity contribution in [2.45, 2.75) is 6.04 Å². The van der Waals surface area contributed by atoms with Crippen molar-refractivity contribution in [3.05, 3.63) is 58.1 Å². The van der Waals surface area contributed by atoms with E-state index in [2.05, 4.69) is 15.4 Å². The molecular formula is C19H19Cl2N3O4. The van der Waals surface area contributed by atoms with E-state index >= 15 is 0 Å². The summed E-state index contributed by atoms with van der Waals surface area (Å²) in [6.07, 6.45) is 0. The number of methoxy groups -OCH3 is 1. The van der Waals surface area contributed by atoms with Gasteiger partial charge in [0.05, 0.1) is 29.3 Å². The Morgan fingerprint density at radius 1 is 1.07 bits per heavy atom. The highest BCUT2D eigenvalue weighted by Crippen LogP contribution is 2.31. The summed E-state index contributed by atoms with van der Waals surface area (Å²) in [5.74, 6) is -1.89. The number of esters is 1. The average Bonchev–Trinajstić information content (AvgIpc) is 2.70. The third-order valence-electron chi connectivity index (χ3n) is 3.86. The van der Waals surface area contributed by atoms with Gasteiger partial charge in [-0.2, -0.15) is 0 Å². The monoisotopic (exact) mass is 423 g/mol. The number of ether oxygens (including phenoxy) is 1. The summed E-state index contributed by atoms with van der Waals surface area (Å²) in [5.41, 5.74) is 6.85. The van der Waals surface area contributed by atoms with E-state index in [1.807, 2.05) is 30.3 Å². The molecule has 0 aliphatic rings. The summed E-state index contributed by atoms with van der Waals surface area (Å²) >= 11 is 12.6. The number of benzene rings is 2. The van der Waals surface area contributed by atoms with Gasteiger partial charge in [-0.3, -0.25) is 9.59 Å². The van der Waals surface area contributed by atoms with Gasteiger partial charge in [0.25, 0.3) is 5.91 Å². The number of hydrogen-bond acceptors (Lipinski definition) is 5. The first-order chi connectivity index (χ1) is 13.4. The molecule has 0 heterocycles. The van der Waals surface area contributed by atoms with Crippen LogP contribution in [0.15, 0.2) is 42.5 Å². The van der Waals surface area contributed by atoms with Crippen LogP contribution in [0.2, 0.25) is 10.0 Å². The zero-order chi connectivity index (χ0) is 20.7. The SMILES string of the molecule is COC(=O)[C@H](CNC(=O)CN)NC(=O)c1c(Cl)cc(-c2ccccc2)cc1Cl. The van der Waals surface area contributed by atoms with Crippen LogP contribution in [0.5, 0.6) is 0 Å². The van der Waals surface area contributed by atoms with Crippen LogP contribution in [0, 0.1) is 0 Å². The lowest BCUT2D eigenvalue weighted by atomic mass is 10.0. The van der Waals surface area contributed by atoms with E-state index < -0.39 is 23.8 Å². The molecule has 0 saturated heterocycles. The van der Waals surface area contributed by atoms with Crippen LogP contribution in [0.1, 0.15) is 10.4 Å². The highest BCUT2D eigenvalue weighted by atomic mass is 35.5. The Bertz CT molecular complexity index is 852. The first kappa shape index (κ1) is 21.7. The van der Waals surface area contributed by atoms with E-state index in [1.54, 1.807) is 12.1 Å². The van der Waals surface area contributed by atoms with Gasteiger partial charge in [-0.05, 0) is 23.3 Å². The van der Waals surface area contributed by atoms with Crippen LogP contribution < -0.4 is 16.4 Å². The Kier molecular flexibility index (Phi) is 7.80. The van der Waals surface area contributed by atoms with E-state index in [1.165, 1.54) is 7.11 Å². The van der Waals surface area contributed by atoms with Gasteiger partial charge in [0, 0.05) is 6.54 Å². The minimum absolute atomic E-state index is 0.0158. The van der Waals surface area contributed by atoms with Gasteiger partial charge < -0.3 is 21.1 Å². The van der Waals surface area contributed by atoms with Crippen LogP contribution in [-0.2, 0) is 14.3 Å². The first-order valence-corrected chi connectivity index (χ1v) is 9.02. The van der Waals surface area contributed by atoms with Gasteiger partial charge in [0.1, 0.15) is 6.04 Å². The van der Waals surface area contributed by atoms with Gasteiger partial charge >= 0.3 is 5.97 Å². The van der Waals surface area contributed by atoms with E-state index in [0.717, 1.165) is 11.1 Å². The fraction of sp³-hybridized carbons (Fsp3) is 0.211. The second kappa shape index (κ2) is 10.1. The second-order valence-electron chi connectivity index (χ2n) is 5.74. The summed E-state index contributed by atoms with van der Waals surface area (Å²) in [7, 11) is 1.17. The van der Waals surface area contributed by atoms with Crippen LogP contribution in [0.4, 0.5) is 0 Å². The second-order valence-corrected chi connectivity index (χ2v) is 6.55. The Balaban J connectivity index is 2.24. The highest BCUT2D eigenvalue weighted by Gasteiger charge is 2.25.